The van der Waals surface area contributed by atoms with Gasteiger partial charge < -0.3 is 4.90 Å². The third-order valence-electron chi connectivity index (χ3n) is 4.39. The van der Waals surface area contributed by atoms with E-state index in [4.69, 9.17) is 11.6 Å². The van der Waals surface area contributed by atoms with Gasteiger partial charge in [0.05, 0.1) is 0 Å². The summed E-state index contributed by atoms with van der Waals surface area (Å²) >= 11 is 6.00. The predicted octanol–water partition coefficient (Wildman–Crippen LogP) is 2.95. The molecule has 9 heteroatoms. The first-order chi connectivity index (χ1) is 11.9. The van der Waals surface area contributed by atoms with Crippen molar-refractivity contribution >= 4 is 11.6 Å². The molecule has 0 spiro atoms. The molecule has 0 aliphatic carbocycles. The molecule has 0 bridgehead atoms. The summed E-state index contributed by atoms with van der Waals surface area (Å²) in [6.45, 7) is 1.17. The molecule has 0 amide bonds. The Kier molecular flexibility index (Phi) is 5.19. The van der Waals surface area contributed by atoms with E-state index < -0.39 is 17.5 Å². The van der Waals surface area contributed by atoms with Gasteiger partial charge in [0.15, 0.2) is 5.82 Å². The van der Waals surface area contributed by atoms with Gasteiger partial charge in [0.1, 0.15) is 5.82 Å². The molecule has 1 aromatic heterocycles. The first-order valence-corrected chi connectivity index (χ1v) is 8.32. The lowest BCUT2D eigenvalue weighted by Gasteiger charge is -2.31. The highest BCUT2D eigenvalue weighted by Gasteiger charge is 2.33. The second-order valence-electron chi connectivity index (χ2n) is 6.09. The molecule has 1 aliphatic heterocycles. The molecule has 3 rings (SSSR count). The van der Waals surface area contributed by atoms with E-state index in [-0.39, 0.29) is 55.3 Å². The molecule has 0 atom stereocenters. The third-order valence-corrected chi connectivity index (χ3v) is 4.74. The van der Waals surface area contributed by atoms with Gasteiger partial charge in [-0.2, -0.15) is 0 Å². The van der Waals surface area contributed by atoms with Gasteiger partial charge >= 0.3 is 5.76 Å². The highest BCUT2D eigenvalue weighted by atomic mass is 35.5. The van der Waals surface area contributed by atoms with E-state index in [1.165, 1.54) is 16.7 Å². The maximum absolute atomic E-state index is 13.9. The van der Waals surface area contributed by atoms with Crippen molar-refractivity contribution in [2.45, 2.75) is 31.7 Å². The first-order valence-electron chi connectivity index (χ1n) is 7.94. The quantitative estimate of drug-likeness (QED) is 0.806. The Labute approximate surface area is 147 Å². The number of alkyl halides is 2. The minimum atomic E-state index is -2.61. The standard InChI is InChI=1S/C16H17ClF3N3O2/c17-12-2-1-3-13(18)11(12)10-14-21-25-15(24)23(14)9-8-22-6-4-16(19,20)5-7-22/h1-3H,4-10H2. The first kappa shape index (κ1) is 18.0. The Morgan fingerprint density at radius 1 is 1.24 bits per heavy atom. The Morgan fingerprint density at radius 3 is 2.64 bits per heavy atom. The van der Waals surface area contributed by atoms with Crippen molar-refractivity contribution in [2.24, 2.45) is 0 Å². The smallest absolute Gasteiger partial charge is 0.301 e. The van der Waals surface area contributed by atoms with Gasteiger partial charge in [0.25, 0.3) is 5.92 Å². The fourth-order valence-electron chi connectivity index (χ4n) is 2.85. The SMILES string of the molecule is O=c1onc(Cc2c(F)cccc2Cl)n1CCN1CCC(F)(F)CC1. The molecule has 136 valence electrons. The lowest BCUT2D eigenvalue weighted by molar-refractivity contribution is -0.0555. The number of likely N-dealkylation sites (tertiary alicyclic amines) is 1. The molecule has 0 unspecified atom stereocenters. The van der Waals surface area contributed by atoms with Gasteiger partial charge in [-0.15, -0.1) is 0 Å². The van der Waals surface area contributed by atoms with E-state index in [0.717, 1.165) is 0 Å². The van der Waals surface area contributed by atoms with Crippen molar-refractivity contribution in [1.82, 2.24) is 14.6 Å². The van der Waals surface area contributed by atoms with Crippen LogP contribution in [0.2, 0.25) is 5.02 Å². The van der Waals surface area contributed by atoms with Crippen molar-refractivity contribution < 1.29 is 17.7 Å². The van der Waals surface area contributed by atoms with Gasteiger partial charge in [-0.1, -0.05) is 22.8 Å². The predicted molar refractivity (Wildman–Crippen MR) is 85.6 cm³/mol. The number of hydrogen-bond donors (Lipinski definition) is 0. The Balaban J connectivity index is 1.69. The molecule has 25 heavy (non-hydrogen) atoms. The summed E-state index contributed by atoms with van der Waals surface area (Å²) < 4.78 is 46.2. The van der Waals surface area contributed by atoms with Gasteiger partial charge in [-0.25, -0.2) is 18.0 Å². The van der Waals surface area contributed by atoms with Crippen LogP contribution in [0.15, 0.2) is 27.5 Å². The van der Waals surface area contributed by atoms with E-state index in [1.807, 2.05) is 4.90 Å². The van der Waals surface area contributed by atoms with Crippen LogP contribution >= 0.6 is 11.6 Å². The molecular weight excluding hydrogens is 359 g/mol. The molecule has 5 nitrogen and oxygen atoms in total. The van der Waals surface area contributed by atoms with Gasteiger partial charge in [-0.3, -0.25) is 9.09 Å². The lowest BCUT2D eigenvalue weighted by atomic mass is 10.1. The van der Waals surface area contributed by atoms with Crippen molar-refractivity contribution in [1.29, 1.82) is 0 Å². The average Bonchev–Trinajstić information content (AvgIpc) is 2.90. The molecule has 1 fully saturated rings. The van der Waals surface area contributed by atoms with Gasteiger partial charge in [-0.05, 0) is 12.1 Å². The Hall–Kier alpha value is -1.80. The number of aromatic nitrogens is 2. The van der Waals surface area contributed by atoms with Crippen molar-refractivity contribution in [3.8, 4) is 0 Å². The molecule has 1 saturated heterocycles. The van der Waals surface area contributed by atoms with Crippen LogP contribution in [0.1, 0.15) is 24.2 Å². The van der Waals surface area contributed by atoms with Crippen LogP contribution in [-0.4, -0.2) is 40.2 Å². The monoisotopic (exact) mass is 375 g/mol. The molecule has 0 saturated carbocycles. The third kappa shape index (κ3) is 4.24. The summed E-state index contributed by atoms with van der Waals surface area (Å²) in [5, 5.41) is 3.93. The maximum atomic E-state index is 13.9. The van der Waals surface area contributed by atoms with Crippen LogP contribution < -0.4 is 5.76 Å². The number of hydrogen-bond acceptors (Lipinski definition) is 4. The summed E-state index contributed by atoms with van der Waals surface area (Å²) in [4.78, 5) is 13.7. The molecule has 2 aromatic rings. The van der Waals surface area contributed by atoms with E-state index in [0.29, 0.717) is 6.54 Å². The number of nitrogens with zero attached hydrogens (tertiary/aromatic N) is 3. The highest BCUT2D eigenvalue weighted by Crippen LogP contribution is 2.27. The molecule has 2 heterocycles. The molecule has 1 aliphatic rings. The zero-order valence-electron chi connectivity index (χ0n) is 13.4. The zero-order valence-corrected chi connectivity index (χ0v) is 14.1. The summed E-state index contributed by atoms with van der Waals surface area (Å²) in [5.74, 6) is -3.52. The van der Waals surface area contributed by atoms with Crippen molar-refractivity contribution in [2.75, 3.05) is 19.6 Å². The van der Waals surface area contributed by atoms with E-state index in [9.17, 15) is 18.0 Å². The van der Waals surface area contributed by atoms with E-state index in [1.54, 1.807) is 6.07 Å². The largest absolute Gasteiger partial charge is 0.441 e. The number of benzene rings is 1. The number of piperidine rings is 1. The second kappa shape index (κ2) is 7.21. The molecule has 1 aromatic carbocycles. The van der Waals surface area contributed by atoms with Crippen LogP contribution in [0.5, 0.6) is 0 Å². The van der Waals surface area contributed by atoms with Crippen LogP contribution in [0, 0.1) is 5.82 Å². The molecular formula is C16H17ClF3N3O2. The number of halogens is 4. The van der Waals surface area contributed by atoms with E-state index in [2.05, 4.69) is 9.68 Å². The summed E-state index contributed by atoms with van der Waals surface area (Å²) in [7, 11) is 0. The summed E-state index contributed by atoms with van der Waals surface area (Å²) in [6, 6.07) is 4.32. The summed E-state index contributed by atoms with van der Waals surface area (Å²) in [6.07, 6.45) is -0.373. The zero-order chi connectivity index (χ0) is 18.0. The summed E-state index contributed by atoms with van der Waals surface area (Å²) in [5.41, 5.74) is 0.226. The second-order valence-corrected chi connectivity index (χ2v) is 6.50. The Bertz CT molecular complexity index is 776. The molecule has 0 N–H and O–H groups in total. The van der Waals surface area contributed by atoms with Crippen LogP contribution in [0.25, 0.3) is 0 Å². The topological polar surface area (TPSA) is 51.3 Å². The lowest BCUT2D eigenvalue weighted by Crippen LogP contribution is -2.41. The van der Waals surface area contributed by atoms with Crippen LogP contribution in [-0.2, 0) is 13.0 Å². The van der Waals surface area contributed by atoms with Crippen LogP contribution in [0.4, 0.5) is 13.2 Å². The van der Waals surface area contributed by atoms with Crippen molar-refractivity contribution in [3.63, 3.8) is 0 Å². The fourth-order valence-corrected chi connectivity index (χ4v) is 3.08. The van der Waals surface area contributed by atoms with Gasteiger partial charge in [0, 0.05) is 56.0 Å². The molecule has 0 radical (unpaired) electrons. The van der Waals surface area contributed by atoms with Gasteiger partial charge in [0.2, 0.25) is 0 Å². The fraction of sp³-hybridized carbons (Fsp3) is 0.500. The average molecular weight is 376 g/mol. The van der Waals surface area contributed by atoms with E-state index >= 15 is 0 Å². The number of rotatable bonds is 5. The minimum Gasteiger partial charge on any atom is -0.301 e. The van der Waals surface area contributed by atoms with Crippen molar-refractivity contribution in [3.05, 3.63) is 51.0 Å². The Morgan fingerprint density at radius 2 is 1.96 bits per heavy atom. The van der Waals surface area contributed by atoms with Crippen LogP contribution in [0.3, 0.4) is 0 Å². The maximum Gasteiger partial charge on any atom is 0.441 e. The minimum absolute atomic E-state index is 0.00924. The normalized spacial score (nSPS) is 17.8. The highest BCUT2D eigenvalue weighted by molar-refractivity contribution is 6.31.